The molecular formula is C13H12N2O6S. The van der Waals surface area contributed by atoms with Gasteiger partial charge in [-0.25, -0.2) is 17.2 Å². The van der Waals surface area contributed by atoms with Gasteiger partial charge >= 0.3 is 11.7 Å². The summed E-state index contributed by atoms with van der Waals surface area (Å²) < 4.78 is 30.1. The third-order valence-electron chi connectivity index (χ3n) is 2.98. The molecule has 2 rings (SSSR count). The Morgan fingerprint density at radius 1 is 1.23 bits per heavy atom. The number of ether oxygens (including phenoxy) is 1. The zero-order valence-corrected chi connectivity index (χ0v) is 12.5. The van der Waals surface area contributed by atoms with Gasteiger partial charge in [-0.05, 0) is 19.1 Å². The van der Waals surface area contributed by atoms with Crippen LogP contribution in [0, 0.1) is 17.0 Å². The number of benzene rings is 1. The third kappa shape index (κ3) is 2.58. The molecule has 0 radical (unpaired) electrons. The first kappa shape index (κ1) is 15.7. The first-order valence-corrected chi connectivity index (χ1v) is 7.49. The SMILES string of the molecule is COC(=O)c1c([N+](=O)[O-])ccn1S(=O)(=O)c1ccc(C)cc1. The summed E-state index contributed by atoms with van der Waals surface area (Å²) in [7, 11) is -3.13. The third-order valence-corrected chi connectivity index (χ3v) is 4.67. The maximum Gasteiger partial charge on any atom is 0.362 e. The number of nitrogens with zero attached hydrogens (tertiary/aromatic N) is 2. The maximum atomic E-state index is 12.6. The zero-order valence-electron chi connectivity index (χ0n) is 11.7. The highest BCUT2D eigenvalue weighted by Gasteiger charge is 2.32. The van der Waals surface area contributed by atoms with Crippen LogP contribution in [0.15, 0.2) is 41.4 Å². The van der Waals surface area contributed by atoms with E-state index in [0.29, 0.717) is 3.97 Å². The molecule has 0 bridgehead atoms. The molecule has 0 N–H and O–H groups in total. The topological polar surface area (TPSA) is 109 Å². The van der Waals surface area contributed by atoms with Crippen molar-refractivity contribution in [3.8, 4) is 0 Å². The molecule has 0 aliphatic rings. The number of methoxy groups -OCH3 is 1. The van der Waals surface area contributed by atoms with Crippen molar-refractivity contribution >= 4 is 21.7 Å². The monoisotopic (exact) mass is 324 g/mol. The van der Waals surface area contributed by atoms with E-state index in [2.05, 4.69) is 4.74 Å². The molecule has 0 amide bonds. The van der Waals surface area contributed by atoms with Gasteiger partial charge in [0, 0.05) is 12.3 Å². The van der Waals surface area contributed by atoms with E-state index in [1.807, 2.05) is 0 Å². The number of aryl methyl sites for hydroxylation is 1. The molecule has 1 aromatic heterocycles. The summed E-state index contributed by atoms with van der Waals surface area (Å²) in [6.07, 6.45) is 0.958. The summed E-state index contributed by atoms with van der Waals surface area (Å²) in [4.78, 5) is 21.8. The number of hydrogen-bond donors (Lipinski definition) is 0. The Hall–Kier alpha value is -2.68. The normalized spacial score (nSPS) is 11.2. The van der Waals surface area contributed by atoms with Gasteiger partial charge < -0.3 is 4.74 Å². The van der Waals surface area contributed by atoms with Crippen LogP contribution in [-0.4, -0.2) is 30.4 Å². The lowest BCUT2D eigenvalue weighted by Crippen LogP contribution is -2.19. The fourth-order valence-corrected chi connectivity index (χ4v) is 3.20. The van der Waals surface area contributed by atoms with E-state index >= 15 is 0 Å². The minimum Gasteiger partial charge on any atom is -0.464 e. The van der Waals surface area contributed by atoms with Crippen molar-refractivity contribution in [1.82, 2.24) is 3.97 Å². The quantitative estimate of drug-likeness (QED) is 0.481. The average molecular weight is 324 g/mol. The van der Waals surface area contributed by atoms with Crippen LogP contribution in [0.4, 0.5) is 5.69 Å². The molecule has 0 atom stereocenters. The Morgan fingerprint density at radius 2 is 1.82 bits per heavy atom. The average Bonchev–Trinajstić information content (AvgIpc) is 2.92. The van der Waals surface area contributed by atoms with E-state index in [4.69, 9.17) is 0 Å². The summed E-state index contributed by atoms with van der Waals surface area (Å²) in [5.74, 6) is -1.10. The number of nitro groups is 1. The van der Waals surface area contributed by atoms with Crippen molar-refractivity contribution in [3.63, 3.8) is 0 Å². The second-order valence-corrected chi connectivity index (χ2v) is 6.23. The van der Waals surface area contributed by atoms with E-state index < -0.39 is 32.3 Å². The van der Waals surface area contributed by atoms with Crippen LogP contribution in [-0.2, 0) is 14.8 Å². The van der Waals surface area contributed by atoms with Crippen LogP contribution in [0.1, 0.15) is 16.1 Å². The van der Waals surface area contributed by atoms with E-state index in [-0.39, 0.29) is 4.90 Å². The summed E-state index contributed by atoms with van der Waals surface area (Å²) in [5, 5.41) is 11.0. The molecule has 22 heavy (non-hydrogen) atoms. The van der Waals surface area contributed by atoms with E-state index in [1.165, 1.54) is 12.1 Å². The lowest BCUT2D eigenvalue weighted by molar-refractivity contribution is -0.385. The molecule has 9 heteroatoms. The number of hydrogen-bond acceptors (Lipinski definition) is 6. The van der Waals surface area contributed by atoms with Crippen molar-refractivity contribution in [2.75, 3.05) is 7.11 Å². The van der Waals surface area contributed by atoms with Crippen LogP contribution in [0.25, 0.3) is 0 Å². The van der Waals surface area contributed by atoms with Gasteiger partial charge in [0.25, 0.3) is 10.0 Å². The highest BCUT2D eigenvalue weighted by Crippen LogP contribution is 2.25. The van der Waals surface area contributed by atoms with Crippen molar-refractivity contribution < 1.29 is 22.9 Å². The van der Waals surface area contributed by atoms with Gasteiger partial charge in [-0.3, -0.25) is 10.1 Å². The predicted octanol–water partition coefficient (Wildman–Crippen LogP) is 1.73. The van der Waals surface area contributed by atoms with E-state index in [9.17, 15) is 23.3 Å². The second kappa shape index (κ2) is 5.60. The Bertz CT molecular complexity index is 836. The fraction of sp³-hybridized carbons (Fsp3) is 0.154. The second-order valence-electron chi connectivity index (χ2n) is 4.41. The molecule has 0 aliphatic heterocycles. The molecule has 1 heterocycles. The van der Waals surface area contributed by atoms with Crippen LogP contribution < -0.4 is 0 Å². The standard InChI is InChI=1S/C13H12N2O6S/c1-9-3-5-10(6-4-9)22(19,20)14-8-7-11(15(17)18)12(14)13(16)21-2/h3-8H,1-2H3. The molecule has 0 fully saturated rings. The van der Waals surface area contributed by atoms with Crippen molar-refractivity contribution in [1.29, 1.82) is 0 Å². The molecule has 0 saturated carbocycles. The molecule has 1 aromatic carbocycles. The van der Waals surface area contributed by atoms with Crippen molar-refractivity contribution in [3.05, 3.63) is 57.9 Å². The predicted molar refractivity (Wildman–Crippen MR) is 76.2 cm³/mol. The number of aromatic nitrogens is 1. The number of carbonyl (C=O) groups excluding carboxylic acids is 1. The summed E-state index contributed by atoms with van der Waals surface area (Å²) in [6, 6.07) is 6.83. The summed E-state index contributed by atoms with van der Waals surface area (Å²) >= 11 is 0. The first-order valence-electron chi connectivity index (χ1n) is 6.05. The highest BCUT2D eigenvalue weighted by atomic mass is 32.2. The van der Waals surface area contributed by atoms with Gasteiger partial charge in [0.1, 0.15) is 0 Å². The Balaban J connectivity index is 2.68. The lowest BCUT2D eigenvalue weighted by Gasteiger charge is -2.09. The van der Waals surface area contributed by atoms with Gasteiger partial charge in [0.05, 0.1) is 16.9 Å². The van der Waals surface area contributed by atoms with Gasteiger partial charge in [-0.1, -0.05) is 17.7 Å². The van der Waals surface area contributed by atoms with Gasteiger partial charge in [-0.2, -0.15) is 0 Å². The summed E-state index contributed by atoms with van der Waals surface area (Å²) in [5.41, 5.74) is -0.429. The molecule has 0 saturated heterocycles. The molecule has 116 valence electrons. The molecular weight excluding hydrogens is 312 g/mol. The Morgan fingerprint density at radius 3 is 2.32 bits per heavy atom. The largest absolute Gasteiger partial charge is 0.464 e. The first-order chi connectivity index (χ1) is 10.3. The van der Waals surface area contributed by atoms with E-state index in [0.717, 1.165) is 24.9 Å². The van der Waals surface area contributed by atoms with E-state index in [1.54, 1.807) is 19.1 Å². The van der Waals surface area contributed by atoms with Gasteiger partial charge in [0.15, 0.2) is 0 Å². The van der Waals surface area contributed by atoms with Crippen LogP contribution in [0.5, 0.6) is 0 Å². The molecule has 0 unspecified atom stereocenters. The van der Waals surface area contributed by atoms with Crippen LogP contribution >= 0.6 is 0 Å². The lowest BCUT2D eigenvalue weighted by atomic mass is 10.2. The van der Waals surface area contributed by atoms with Crippen LogP contribution in [0.2, 0.25) is 0 Å². The highest BCUT2D eigenvalue weighted by molar-refractivity contribution is 7.90. The van der Waals surface area contributed by atoms with Gasteiger partial charge in [-0.15, -0.1) is 0 Å². The number of rotatable bonds is 4. The molecule has 2 aromatic rings. The number of esters is 1. The Kier molecular flexibility index (Phi) is 4.00. The fourth-order valence-electron chi connectivity index (χ4n) is 1.87. The zero-order chi connectivity index (χ0) is 16.5. The minimum absolute atomic E-state index is 0.0891. The van der Waals surface area contributed by atoms with Crippen LogP contribution in [0.3, 0.4) is 0 Å². The molecule has 8 nitrogen and oxygen atoms in total. The minimum atomic E-state index is -4.14. The maximum absolute atomic E-state index is 12.6. The van der Waals surface area contributed by atoms with Crippen molar-refractivity contribution in [2.24, 2.45) is 0 Å². The number of carbonyl (C=O) groups is 1. The molecule has 0 aliphatic carbocycles. The smallest absolute Gasteiger partial charge is 0.362 e. The Labute approximate surface area is 126 Å². The van der Waals surface area contributed by atoms with Gasteiger partial charge in [0.2, 0.25) is 5.69 Å². The molecule has 0 spiro atoms. The summed E-state index contributed by atoms with van der Waals surface area (Å²) in [6.45, 7) is 1.79. The van der Waals surface area contributed by atoms with Crippen molar-refractivity contribution in [2.45, 2.75) is 11.8 Å².